The molecule has 4 aromatic rings. The van der Waals surface area contributed by atoms with E-state index in [1.165, 1.54) is 0 Å². The Morgan fingerprint density at radius 2 is 1.87 bits per heavy atom. The second-order valence-corrected chi connectivity index (χ2v) is 21.3. The van der Waals surface area contributed by atoms with Crippen molar-refractivity contribution in [3.63, 3.8) is 0 Å². The van der Waals surface area contributed by atoms with E-state index in [1.807, 2.05) is 65.0 Å². The molecule has 12 nitrogen and oxygen atoms in total. The van der Waals surface area contributed by atoms with E-state index in [0.717, 1.165) is 63.4 Å². The Morgan fingerprint density at radius 3 is 2.56 bits per heavy atom. The zero-order chi connectivity index (χ0) is 38.9. The molecule has 0 bridgehead atoms. The lowest BCUT2D eigenvalue weighted by molar-refractivity contribution is -0.142. The second-order valence-electron chi connectivity index (χ2n) is 15.7. The Balaban J connectivity index is 1.27. The first-order chi connectivity index (χ1) is 26.4. The monoisotopic (exact) mass is 771 g/mol. The lowest BCUT2D eigenvalue weighted by atomic mass is 9.96. The Labute approximate surface area is 321 Å². The molecule has 0 aliphatic carbocycles. The predicted octanol–water partition coefficient (Wildman–Crippen LogP) is 7.95. The van der Waals surface area contributed by atoms with Gasteiger partial charge in [-0.2, -0.15) is 5.10 Å². The number of carboxylic acid groups (broad SMARTS) is 2. The van der Waals surface area contributed by atoms with Crippen LogP contribution in [0.1, 0.15) is 61.8 Å². The van der Waals surface area contributed by atoms with Crippen molar-refractivity contribution in [2.24, 2.45) is 0 Å². The third kappa shape index (κ3) is 8.21. The summed E-state index contributed by atoms with van der Waals surface area (Å²) in [5, 5.41) is 29.6. The molecule has 3 atom stereocenters. The molecule has 0 spiro atoms. The summed E-state index contributed by atoms with van der Waals surface area (Å²) in [4.78, 5) is 27.5. The summed E-state index contributed by atoms with van der Waals surface area (Å²) in [7, 11) is -1.40. The maximum Gasteiger partial charge on any atom is 0.408 e. The number of hydrogen-bond donors (Lipinski definition) is 3. The number of aromatic nitrogens is 2. The van der Waals surface area contributed by atoms with Crippen LogP contribution in [0.25, 0.3) is 22.0 Å². The minimum Gasteiger partial charge on any atom is -0.486 e. The van der Waals surface area contributed by atoms with E-state index in [1.54, 1.807) is 12.1 Å². The number of fused-ring (bicyclic) bond motifs is 1. The van der Waals surface area contributed by atoms with Gasteiger partial charge in [-0.05, 0) is 72.2 Å². The van der Waals surface area contributed by atoms with Crippen LogP contribution in [0.5, 0.6) is 5.75 Å². The number of nitrogens with one attached hydrogen (secondary N) is 1. The summed E-state index contributed by atoms with van der Waals surface area (Å²) in [5.74, 6) is -1.44. The standard InChI is InChI=1S/C41H50FN5O7Si/c1-5-27-20-36(54-24-26-11-7-6-8-12-26)31(42)21-30(27)28-14-15-29-33(19-28)47(37-13-9-10-16-53-37)44-38(29)39-43-32-22-34(40(48)49)45(41(50)51)23-35(32)46(39)25-52-17-18-55(2,3)4/h6-8,11-12,14-15,19-21,34,37,39,43H,5,9-10,13,16-18,22-25H2,1-4H3,(H,48,49)(H,50,51)/t34-,37?,39?/m0/s1. The van der Waals surface area contributed by atoms with E-state index in [0.29, 0.717) is 36.7 Å². The Kier molecular flexibility index (Phi) is 11.2. The molecule has 14 heteroatoms. The summed E-state index contributed by atoms with van der Waals surface area (Å²) in [5.41, 5.74) is 6.30. The van der Waals surface area contributed by atoms with Crippen LogP contribution in [-0.4, -0.2) is 82.5 Å². The summed E-state index contributed by atoms with van der Waals surface area (Å²) < 4.78 is 36.1. The number of ether oxygens (including phenoxy) is 3. The van der Waals surface area contributed by atoms with Crippen LogP contribution in [0.4, 0.5) is 9.18 Å². The van der Waals surface area contributed by atoms with Crippen molar-refractivity contribution in [3.05, 3.63) is 94.7 Å². The van der Waals surface area contributed by atoms with Gasteiger partial charge in [-0.15, -0.1) is 0 Å². The van der Waals surface area contributed by atoms with Gasteiger partial charge in [-0.25, -0.2) is 18.7 Å². The van der Waals surface area contributed by atoms with Crippen molar-refractivity contribution in [2.75, 3.05) is 26.5 Å². The van der Waals surface area contributed by atoms with E-state index in [9.17, 15) is 19.8 Å². The van der Waals surface area contributed by atoms with Gasteiger partial charge in [0.05, 0.1) is 17.8 Å². The number of aryl methyl sites for hydroxylation is 1. The van der Waals surface area contributed by atoms with E-state index in [2.05, 4.69) is 25.0 Å². The Morgan fingerprint density at radius 1 is 1.07 bits per heavy atom. The highest BCUT2D eigenvalue weighted by Crippen LogP contribution is 2.41. The highest BCUT2D eigenvalue weighted by Gasteiger charge is 2.44. The molecule has 0 radical (unpaired) electrons. The molecular weight excluding hydrogens is 722 g/mol. The number of benzene rings is 3. The van der Waals surface area contributed by atoms with Crippen LogP contribution in [0.15, 0.2) is 72.1 Å². The van der Waals surface area contributed by atoms with E-state index in [-0.39, 0.29) is 38.3 Å². The largest absolute Gasteiger partial charge is 0.486 e. The summed E-state index contributed by atoms with van der Waals surface area (Å²) >= 11 is 0. The first-order valence-corrected chi connectivity index (χ1v) is 22.8. The molecule has 1 fully saturated rings. The molecule has 1 amide bonds. The third-order valence-corrected chi connectivity index (χ3v) is 12.4. The lowest BCUT2D eigenvalue weighted by Crippen LogP contribution is -2.49. The van der Waals surface area contributed by atoms with E-state index < -0.39 is 38.2 Å². The molecule has 7 rings (SSSR count). The quantitative estimate of drug-likeness (QED) is 0.0907. The van der Waals surface area contributed by atoms with Gasteiger partial charge < -0.3 is 34.6 Å². The number of amides is 1. The average molecular weight is 772 g/mol. The fourth-order valence-electron chi connectivity index (χ4n) is 7.59. The summed E-state index contributed by atoms with van der Waals surface area (Å²) in [6.07, 6.45) is 1.18. The number of hydrogen-bond acceptors (Lipinski definition) is 8. The van der Waals surface area contributed by atoms with Crippen LogP contribution in [-0.2, 0) is 27.3 Å². The van der Waals surface area contributed by atoms with Crippen molar-refractivity contribution in [1.29, 1.82) is 0 Å². The predicted molar refractivity (Wildman–Crippen MR) is 209 cm³/mol. The van der Waals surface area contributed by atoms with E-state index >= 15 is 4.39 Å². The van der Waals surface area contributed by atoms with Crippen LogP contribution in [0.2, 0.25) is 25.7 Å². The number of carboxylic acids is 1. The highest BCUT2D eigenvalue weighted by molar-refractivity contribution is 6.76. The number of carbonyl (C=O) groups is 2. The van der Waals surface area contributed by atoms with Gasteiger partial charge in [0.15, 0.2) is 17.8 Å². The molecule has 55 heavy (non-hydrogen) atoms. The molecule has 4 heterocycles. The summed E-state index contributed by atoms with van der Waals surface area (Å²) in [6, 6.07) is 18.7. The molecule has 3 aliphatic rings. The van der Waals surface area contributed by atoms with Crippen molar-refractivity contribution < 1.29 is 38.4 Å². The first kappa shape index (κ1) is 38.4. The minimum absolute atomic E-state index is 0.0101. The molecule has 1 saturated heterocycles. The molecule has 3 aliphatic heterocycles. The smallest absolute Gasteiger partial charge is 0.408 e. The van der Waals surface area contributed by atoms with Gasteiger partial charge in [0.2, 0.25) is 0 Å². The van der Waals surface area contributed by atoms with Gasteiger partial charge in [0, 0.05) is 38.8 Å². The van der Waals surface area contributed by atoms with Gasteiger partial charge >= 0.3 is 12.1 Å². The van der Waals surface area contributed by atoms with Gasteiger partial charge in [-0.3, -0.25) is 4.90 Å². The molecule has 3 aromatic carbocycles. The van der Waals surface area contributed by atoms with Gasteiger partial charge in [-0.1, -0.05) is 69.0 Å². The minimum atomic E-state index is -1.40. The van der Waals surface area contributed by atoms with Crippen LogP contribution in [0.3, 0.4) is 0 Å². The second kappa shape index (κ2) is 16.0. The fraction of sp³-hybridized carbons (Fsp3) is 0.439. The Hall–Kier alpha value is -4.92. The topological polar surface area (TPSA) is 139 Å². The highest BCUT2D eigenvalue weighted by atomic mass is 28.3. The normalized spacial score (nSPS) is 20.1. The molecule has 292 valence electrons. The lowest BCUT2D eigenvalue weighted by Gasteiger charge is -2.34. The van der Waals surface area contributed by atoms with Crippen LogP contribution >= 0.6 is 0 Å². The zero-order valence-electron chi connectivity index (χ0n) is 31.9. The zero-order valence-corrected chi connectivity index (χ0v) is 32.9. The van der Waals surface area contributed by atoms with Crippen LogP contribution in [0, 0.1) is 5.82 Å². The summed E-state index contributed by atoms with van der Waals surface area (Å²) in [6.45, 7) is 10.3. The first-order valence-electron chi connectivity index (χ1n) is 19.1. The number of nitrogens with zero attached hydrogens (tertiary/aromatic N) is 4. The van der Waals surface area contributed by atoms with Crippen molar-refractivity contribution in [1.82, 2.24) is 24.9 Å². The number of aliphatic carboxylic acids is 1. The Bertz CT molecular complexity index is 2080. The van der Waals surface area contributed by atoms with Crippen molar-refractivity contribution in [2.45, 2.75) is 89.8 Å². The van der Waals surface area contributed by atoms with Crippen molar-refractivity contribution >= 4 is 31.0 Å². The van der Waals surface area contributed by atoms with Gasteiger partial charge in [0.25, 0.3) is 0 Å². The molecule has 1 aromatic heterocycles. The number of rotatable bonds is 13. The molecule has 3 N–H and O–H groups in total. The molecular formula is C41H50FN5O7Si. The average Bonchev–Trinajstić information content (AvgIpc) is 3.73. The third-order valence-electron chi connectivity index (χ3n) is 10.7. The fourth-order valence-corrected chi connectivity index (χ4v) is 8.35. The van der Waals surface area contributed by atoms with E-state index in [4.69, 9.17) is 19.3 Å². The molecule has 0 saturated carbocycles. The molecule has 2 unspecified atom stereocenters. The number of halogens is 1. The van der Waals surface area contributed by atoms with Crippen molar-refractivity contribution in [3.8, 4) is 16.9 Å². The maximum atomic E-state index is 15.7. The maximum absolute atomic E-state index is 15.7. The SMILES string of the molecule is CCc1cc(OCc2ccccc2)c(F)cc1-c1ccc2c(C3NC4=C(CN(C(=O)O)[C@H](C(=O)O)C4)N3COCC[Si](C)(C)C)nn(C3CCCCO3)c2c1. The van der Waals surface area contributed by atoms with Crippen LogP contribution < -0.4 is 10.1 Å². The van der Waals surface area contributed by atoms with Gasteiger partial charge in [0.1, 0.15) is 31.2 Å².